The molecule has 4 rings (SSSR count). The normalized spacial score (nSPS) is 10.8. The van der Waals surface area contributed by atoms with Crippen molar-refractivity contribution in [1.82, 2.24) is 15.6 Å². The molecule has 172 valence electrons. The zero-order valence-corrected chi connectivity index (χ0v) is 18.8. The third-order valence-electron chi connectivity index (χ3n) is 5.01. The Balaban J connectivity index is 1.34. The van der Waals surface area contributed by atoms with Gasteiger partial charge in [0.15, 0.2) is 11.5 Å². The van der Waals surface area contributed by atoms with Crippen molar-refractivity contribution >= 4 is 12.1 Å². The molecule has 0 unspecified atom stereocenters. The first-order valence-electron chi connectivity index (χ1n) is 10.5. The van der Waals surface area contributed by atoms with E-state index in [4.69, 9.17) is 14.2 Å². The highest BCUT2D eigenvalue weighted by Crippen LogP contribution is 2.27. The Hall–Kier alpha value is -4.59. The summed E-state index contributed by atoms with van der Waals surface area (Å²) in [6.45, 7) is 0.497. The smallest absolute Gasteiger partial charge is 0.289 e. The van der Waals surface area contributed by atoms with Gasteiger partial charge in [0.1, 0.15) is 18.1 Å². The monoisotopic (exact) mass is 456 g/mol. The van der Waals surface area contributed by atoms with Crippen LogP contribution in [0.15, 0.2) is 84.0 Å². The van der Waals surface area contributed by atoms with Gasteiger partial charge in [0.2, 0.25) is 0 Å². The quantitative estimate of drug-likeness (QED) is 0.287. The minimum atomic E-state index is -0.404. The van der Waals surface area contributed by atoms with Crippen LogP contribution in [0.4, 0.5) is 0 Å². The zero-order chi connectivity index (χ0) is 23.8. The standard InChI is InChI=1S/C26H24N4O4/c1-32-24-13-8-19(14-25(24)33-2)16-27-30-26(31)23-15-22(28-29-23)20-9-11-21(12-10-20)34-17-18-6-4-3-5-7-18/h3-16H,17H2,1-2H3,(H,28,29)(H,30,31). The number of nitrogens with zero attached hydrogens (tertiary/aromatic N) is 2. The Kier molecular flexibility index (Phi) is 7.19. The summed E-state index contributed by atoms with van der Waals surface area (Å²) < 4.78 is 16.3. The van der Waals surface area contributed by atoms with Gasteiger partial charge >= 0.3 is 0 Å². The maximum atomic E-state index is 12.4. The molecule has 1 heterocycles. The molecule has 3 aromatic carbocycles. The summed E-state index contributed by atoms with van der Waals surface area (Å²) in [5.74, 6) is 1.54. The van der Waals surface area contributed by atoms with Crippen LogP contribution in [-0.2, 0) is 6.61 Å². The average molecular weight is 457 g/mol. The largest absolute Gasteiger partial charge is 0.493 e. The summed E-state index contributed by atoms with van der Waals surface area (Å²) in [6, 6.07) is 24.5. The van der Waals surface area contributed by atoms with E-state index in [1.54, 1.807) is 38.5 Å². The van der Waals surface area contributed by atoms with Crippen LogP contribution >= 0.6 is 0 Å². The molecule has 0 bridgehead atoms. The van der Waals surface area contributed by atoms with E-state index in [0.717, 1.165) is 22.4 Å². The molecular formula is C26H24N4O4. The summed E-state index contributed by atoms with van der Waals surface area (Å²) in [7, 11) is 3.13. The summed E-state index contributed by atoms with van der Waals surface area (Å²) in [5.41, 5.74) is 6.13. The van der Waals surface area contributed by atoms with Crippen molar-refractivity contribution in [3.63, 3.8) is 0 Å². The Bertz CT molecular complexity index is 1270. The van der Waals surface area contributed by atoms with E-state index in [1.807, 2.05) is 54.6 Å². The number of aromatic amines is 1. The molecule has 0 fully saturated rings. The van der Waals surface area contributed by atoms with Gasteiger partial charge < -0.3 is 14.2 Å². The van der Waals surface area contributed by atoms with Crippen molar-refractivity contribution < 1.29 is 19.0 Å². The van der Waals surface area contributed by atoms with Gasteiger partial charge in [-0.05, 0) is 59.7 Å². The van der Waals surface area contributed by atoms with Gasteiger partial charge in [-0.2, -0.15) is 10.2 Å². The summed E-state index contributed by atoms with van der Waals surface area (Å²) in [6.07, 6.45) is 1.52. The molecule has 0 spiro atoms. The molecule has 2 N–H and O–H groups in total. The Morgan fingerprint density at radius 1 is 0.971 bits per heavy atom. The van der Waals surface area contributed by atoms with Crippen LogP contribution in [0.5, 0.6) is 17.2 Å². The highest BCUT2D eigenvalue weighted by atomic mass is 16.5. The molecule has 1 aromatic heterocycles. The van der Waals surface area contributed by atoms with Crippen LogP contribution in [0.25, 0.3) is 11.3 Å². The average Bonchev–Trinajstić information content (AvgIpc) is 3.39. The van der Waals surface area contributed by atoms with Crippen LogP contribution in [-0.4, -0.2) is 36.5 Å². The lowest BCUT2D eigenvalue weighted by Crippen LogP contribution is -2.18. The molecule has 0 radical (unpaired) electrons. The number of hydrogen-bond acceptors (Lipinski definition) is 6. The fourth-order valence-electron chi connectivity index (χ4n) is 3.21. The number of aromatic nitrogens is 2. The predicted octanol–water partition coefficient (Wildman–Crippen LogP) is 4.44. The Labute approximate surface area is 197 Å². The van der Waals surface area contributed by atoms with Gasteiger partial charge in [-0.15, -0.1) is 0 Å². The third kappa shape index (κ3) is 5.60. The van der Waals surface area contributed by atoms with E-state index in [9.17, 15) is 4.79 Å². The first-order chi connectivity index (χ1) is 16.7. The van der Waals surface area contributed by atoms with Crippen LogP contribution < -0.4 is 19.6 Å². The van der Waals surface area contributed by atoms with Crippen LogP contribution in [0.3, 0.4) is 0 Å². The highest BCUT2D eigenvalue weighted by Gasteiger charge is 2.11. The van der Waals surface area contributed by atoms with Crippen molar-refractivity contribution in [1.29, 1.82) is 0 Å². The Morgan fingerprint density at radius 3 is 2.47 bits per heavy atom. The molecule has 0 atom stereocenters. The second-order valence-corrected chi connectivity index (χ2v) is 7.28. The van der Waals surface area contributed by atoms with Gasteiger partial charge in [-0.25, -0.2) is 5.43 Å². The number of ether oxygens (including phenoxy) is 3. The van der Waals surface area contributed by atoms with Gasteiger partial charge in [0.05, 0.1) is 26.1 Å². The number of hydrogen-bond donors (Lipinski definition) is 2. The number of H-pyrrole nitrogens is 1. The minimum absolute atomic E-state index is 0.295. The number of methoxy groups -OCH3 is 2. The number of benzene rings is 3. The second-order valence-electron chi connectivity index (χ2n) is 7.28. The van der Waals surface area contributed by atoms with E-state index in [-0.39, 0.29) is 0 Å². The highest BCUT2D eigenvalue weighted by molar-refractivity contribution is 5.94. The van der Waals surface area contributed by atoms with Gasteiger partial charge in [0.25, 0.3) is 5.91 Å². The molecule has 34 heavy (non-hydrogen) atoms. The molecule has 4 aromatic rings. The zero-order valence-electron chi connectivity index (χ0n) is 18.8. The van der Waals surface area contributed by atoms with Crippen LogP contribution in [0.1, 0.15) is 21.6 Å². The van der Waals surface area contributed by atoms with E-state index in [1.165, 1.54) is 6.21 Å². The van der Waals surface area contributed by atoms with Crippen molar-refractivity contribution in [2.75, 3.05) is 14.2 Å². The first kappa shape index (κ1) is 22.6. The van der Waals surface area contributed by atoms with E-state index in [2.05, 4.69) is 20.7 Å². The molecule has 0 saturated carbocycles. The molecule has 0 aliphatic heterocycles. The summed E-state index contributed by atoms with van der Waals surface area (Å²) >= 11 is 0. The van der Waals surface area contributed by atoms with Gasteiger partial charge in [-0.1, -0.05) is 30.3 Å². The molecule has 8 heteroatoms. The SMILES string of the molecule is COc1ccc(C=NNC(=O)c2cc(-c3ccc(OCc4ccccc4)cc3)n[nH]2)cc1OC. The van der Waals surface area contributed by atoms with Crippen molar-refractivity contribution in [3.8, 4) is 28.5 Å². The maximum absolute atomic E-state index is 12.4. The van der Waals surface area contributed by atoms with E-state index >= 15 is 0 Å². The lowest BCUT2D eigenvalue weighted by atomic mass is 10.1. The lowest BCUT2D eigenvalue weighted by Gasteiger charge is -2.07. The predicted molar refractivity (Wildman–Crippen MR) is 129 cm³/mol. The lowest BCUT2D eigenvalue weighted by molar-refractivity contribution is 0.0950. The number of carbonyl (C=O) groups excluding carboxylic acids is 1. The molecule has 0 saturated heterocycles. The van der Waals surface area contributed by atoms with Crippen molar-refractivity contribution in [2.45, 2.75) is 6.61 Å². The van der Waals surface area contributed by atoms with Gasteiger partial charge in [0, 0.05) is 5.56 Å². The fraction of sp³-hybridized carbons (Fsp3) is 0.115. The van der Waals surface area contributed by atoms with Crippen LogP contribution in [0.2, 0.25) is 0 Å². The van der Waals surface area contributed by atoms with Crippen LogP contribution in [0, 0.1) is 0 Å². The second kappa shape index (κ2) is 10.8. The molecule has 1 amide bonds. The summed E-state index contributed by atoms with van der Waals surface area (Å²) in [5, 5.41) is 11.0. The maximum Gasteiger partial charge on any atom is 0.289 e. The molecular weight excluding hydrogens is 432 g/mol. The summed E-state index contributed by atoms with van der Waals surface area (Å²) in [4.78, 5) is 12.4. The number of hydrazone groups is 1. The van der Waals surface area contributed by atoms with Gasteiger partial charge in [-0.3, -0.25) is 9.89 Å². The van der Waals surface area contributed by atoms with Crippen molar-refractivity contribution in [3.05, 3.63) is 95.7 Å². The fourth-order valence-corrected chi connectivity index (χ4v) is 3.21. The topological polar surface area (TPSA) is 97.8 Å². The number of rotatable bonds is 9. The molecule has 0 aliphatic carbocycles. The van der Waals surface area contributed by atoms with E-state index < -0.39 is 5.91 Å². The van der Waals surface area contributed by atoms with E-state index in [0.29, 0.717) is 29.5 Å². The first-order valence-corrected chi connectivity index (χ1v) is 10.5. The minimum Gasteiger partial charge on any atom is -0.493 e. The molecule has 0 aliphatic rings. The Morgan fingerprint density at radius 2 is 1.74 bits per heavy atom. The van der Waals surface area contributed by atoms with Crippen molar-refractivity contribution in [2.24, 2.45) is 5.10 Å². The number of carbonyl (C=O) groups is 1. The molecule has 8 nitrogen and oxygen atoms in total. The number of nitrogens with one attached hydrogen (secondary N) is 2. The number of amides is 1. The third-order valence-corrected chi connectivity index (χ3v) is 5.01.